The third kappa shape index (κ3) is 2.12. The van der Waals surface area contributed by atoms with Crippen LogP contribution < -0.4 is 9.80 Å². The Morgan fingerprint density at radius 2 is 1.25 bits per heavy atom. The topological polar surface area (TPSA) is 11.4 Å². The third-order valence-corrected chi connectivity index (χ3v) is 4.97. The SMILES string of the molecule is CN(C)c1ccc2cc3c4ccc(N(C)C)cc4n(C)c3cc2c1. The highest BCUT2D eigenvalue weighted by Gasteiger charge is 2.11. The minimum atomic E-state index is 1.23. The minimum absolute atomic E-state index is 1.23. The van der Waals surface area contributed by atoms with Gasteiger partial charge >= 0.3 is 0 Å². The number of fused-ring (bicyclic) bond motifs is 4. The van der Waals surface area contributed by atoms with E-state index in [-0.39, 0.29) is 0 Å². The molecule has 4 rings (SSSR count). The molecule has 3 heteroatoms. The average Bonchev–Trinajstić information content (AvgIpc) is 2.84. The fourth-order valence-corrected chi connectivity index (χ4v) is 3.48. The van der Waals surface area contributed by atoms with E-state index in [1.54, 1.807) is 0 Å². The molecule has 1 heterocycles. The molecule has 1 aromatic heterocycles. The molecule has 0 aliphatic heterocycles. The van der Waals surface area contributed by atoms with Gasteiger partial charge in [0.05, 0.1) is 5.52 Å². The first-order chi connectivity index (χ1) is 11.5. The van der Waals surface area contributed by atoms with Crippen LogP contribution in [0.5, 0.6) is 0 Å². The summed E-state index contributed by atoms with van der Waals surface area (Å²) in [5.74, 6) is 0. The molecule has 0 saturated carbocycles. The van der Waals surface area contributed by atoms with Gasteiger partial charge in [0.25, 0.3) is 0 Å². The summed E-state index contributed by atoms with van der Waals surface area (Å²) in [6.07, 6.45) is 0. The molecule has 0 atom stereocenters. The number of hydrogen-bond donors (Lipinski definition) is 0. The van der Waals surface area contributed by atoms with E-state index < -0.39 is 0 Å². The van der Waals surface area contributed by atoms with Crippen LogP contribution in [-0.4, -0.2) is 32.8 Å². The van der Waals surface area contributed by atoms with Crippen LogP contribution in [0.4, 0.5) is 11.4 Å². The van der Waals surface area contributed by atoms with E-state index in [1.807, 2.05) is 0 Å². The Morgan fingerprint density at radius 1 is 0.625 bits per heavy atom. The van der Waals surface area contributed by atoms with Gasteiger partial charge in [-0.05, 0) is 47.2 Å². The Labute approximate surface area is 142 Å². The van der Waals surface area contributed by atoms with E-state index in [4.69, 9.17) is 0 Å². The summed E-state index contributed by atoms with van der Waals surface area (Å²) in [7, 11) is 10.5. The summed E-state index contributed by atoms with van der Waals surface area (Å²) in [4.78, 5) is 4.30. The number of benzene rings is 3. The smallest absolute Gasteiger partial charge is 0.0509 e. The van der Waals surface area contributed by atoms with Crippen molar-refractivity contribution in [1.29, 1.82) is 0 Å². The number of aryl methyl sites for hydroxylation is 1. The summed E-state index contributed by atoms with van der Waals surface area (Å²) in [6, 6.07) is 18.0. The van der Waals surface area contributed by atoms with E-state index in [9.17, 15) is 0 Å². The normalized spacial score (nSPS) is 11.5. The Bertz CT molecular complexity index is 1070. The summed E-state index contributed by atoms with van der Waals surface area (Å²) in [6.45, 7) is 0. The Morgan fingerprint density at radius 3 is 1.96 bits per heavy atom. The standard InChI is InChI=1S/C21H23N3/c1-22(2)16-7-6-14-11-19-18-9-8-17(23(3)4)13-21(18)24(5)20(19)12-15(14)10-16/h6-13H,1-5H3. The zero-order chi connectivity index (χ0) is 17.0. The highest BCUT2D eigenvalue weighted by molar-refractivity contribution is 6.13. The van der Waals surface area contributed by atoms with E-state index in [0.29, 0.717) is 0 Å². The maximum Gasteiger partial charge on any atom is 0.0509 e. The number of nitrogens with zero attached hydrogens (tertiary/aromatic N) is 3. The van der Waals surface area contributed by atoms with Crippen LogP contribution in [-0.2, 0) is 7.05 Å². The Kier molecular flexibility index (Phi) is 3.20. The lowest BCUT2D eigenvalue weighted by molar-refractivity contribution is 1.01. The maximum atomic E-state index is 2.32. The lowest BCUT2D eigenvalue weighted by atomic mass is 10.0. The van der Waals surface area contributed by atoms with Crippen LogP contribution >= 0.6 is 0 Å². The van der Waals surface area contributed by atoms with Gasteiger partial charge in [0.2, 0.25) is 0 Å². The quantitative estimate of drug-likeness (QED) is 0.534. The fourth-order valence-electron chi connectivity index (χ4n) is 3.48. The van der Waals surface area contributed by atoms with Crippen molar-refractivity contribution in [3.8, 4) is 0 Å². The minimum Gasteiger partial charge on any atom is -0.378 e. The summed E-state index contributed by atoms with van der Waals surface area (Å²) < 4.78 is 2.30. The highest BCUT2D eigenvalue weighted by atomic mass is 15.1. The molecule has 0 N–H and O–H groups in total. The monoisotopic (exact) mass is 317 g/mol. The summed E-state index contributed by atoms with van der Waals surface area (Å²) in [5, 5.41) is 5.21. The molecule has 4 aromatic rings. The van der Waals surface area contributed by atoms with Crippen LogP contribution in [0.2, 0.25) is 0 Å². The van der Waals surface area contributed by atoms with Gasteiger partial charge in [-0.3, -0.25) is 0 Å². The van der Waals surface area contributed by atoms with Crippen LogP contribution in [0.25, 0.3) is 32.6 Å². The van der Waals surface area contributed by atoms with Crippen molar-refractivity contribution in [3.63, 3.8) is 0 Å². The molecule has 24 heavy (non-hydrogen) atoms. The first-order valence-electron chi connectivity index (χ1n) is 8.26. The Balaban J connectivity index is 2.06. The van der Waals surface area contributed by atoms with Crippen molar-refractivity contribution < 1.29 is 0 Å². The van der Waals surface area contributed by atoms with Crippen molar-refractivity contribution in [3.05, 3.63) is 48.5 Å². The first-order valence-corrected chi connectivity index (χ1v) is 8.26. The van der Waals surface area contributed by atoms with Crippen LogP contribution in [0.3, 0.4) is 0 Å². The van der Waals surface area contributed by atoms with Gasteiger partial charge in [-0.2, -0.15) is 0 Å². The number of anilines is 2. The van der Waals surface area contributed by atoms with Crippen LogP contribution in [0.15, 0.2) is 48.5 Å². The van der Waals surface area contributed by atoms with E-state index in [2.05, 4.69) is 98.1 Å². The summed E-state index contributed by atoms with van der Waals surface area (Å²) in [5.41, 5.74) is 5.02. The molecule has 0 fully saturated rings. The van der Waals surface area contributed by atoms with Gasteiger partial charge in [0.1, 0.15) is 0 Å². The zero-order valence-electron chi connectivity index (χ0n) is 15.0. The van der Waals surface area contributed by atoms with Crippen LogP contribution in [0.1, 0.15) is 0 Å². The summed E-state index contributed by atoms with van der Waals surface area (Å²) >= 11 is 0. The molecular formula is C21H23N3. The molecule has 122 valence electrons. The lowest BCUT2D eigenvalue weighted by Crippen LogP contribution is -2.08. The molecule has 0 amide bonds. The van der Waals surface area contributed by atoms with Crippen molar-refractivity contribution >= 4 is 44.0 Å². The Hall–Kier alpha value is -2.68. The van der Waals surface area contributed by atoms with Crippen molar-refractivity contribution in [1.82, 2.24) is 4.57 Å². The van der Waals surface area contributed by atoms with Gasteiger partial charge in [0, 0.05) is 62.9 Å². The number of aromatic nitrogens is 1. The van der Waals surface area contributed by atoms with Gasteiger partial charge in [-0.1, -0.05) is 12.1 Å². The number of rotatable bonds is 2. The van der Waals surface area contributed by atoms with Gasteiger partial charge in [-0.15, -0.1) is 0 Å². The molecule has 3 aromatic carbocycles. The molecule has 0 unspecified atom stereocenters. The van der Waals surface area contributed by atoms with Gasteiger partial charge in [-0.25, -0.2) is 0 Å². The van der Waals surface area contributed by atoms with Crippen molar-refractivity contribution in [2.45, 2.75) is 0 Å². The van der Waals surface area contributed by atoms with Crippen molar-refractivity contribution in [2.75, 3.05) is 38.0 Å². The van der Waals surface area contributed by atoms with E-state index >= 15 is 0 Å². The van der Waals surface area contributed by atoms with E-state index in [1.165, 1.54) is 44.0 Å². The lowest BCUT2D eigenvalue weighted by Gasteiger charge is -2.13. The molecular weight excluding hydrogens is 294 g/mol. The second kappa shape index (κ2) is 5.17. The molecule has 0 aliphatic carbocycles. The molecule has 0 bridgehead atoms. The molecule has 0 spiro atoms. The number of hydrogen-bond acceptors (Lipinski definition) is 2. The predicted octanol–water partition coefficient (Wildman–Crippen LogP) is 4.62. The van der Waals surface area contributed by atoms with Crippen molar-refractivity contribution in [2.24, 2.45) is 7.05 Å². The molecule has 3 nitrogen and oxygen atoms in total. The second-order valence-corrected chi connectivity index (χ2v) is 6.95. The maximum absolute atomic E-state index is 2.32. The predicted molar refractivity (Wildman–Crippen MR) is 107 cm³/mol. The van der Waals surface area contributed by atoms with Crippen LogP contribution in [0, 0.1) is 0 Å². The fraction of sp³-hybridized carbons (Fsp3) is 0.238. The first kappa shape index (κ1) is 14.9. The molecule has 0 saturated heterocycles. The molecule has 0 radical (unpaired) electrons. The average molecular weight is 317 g/mol. The third-order valence-electron chi connectivity index (χ3n) is 4.97. The highest BCUT2D eigenvalue weighted by Crippen LogP contribution is 2.34. The largest absolute Gasteiger partial charge is 0.378 e. The van der Waals surface area contributed by atoms with Gasteiger partial charge in [0.15, 0.2) is 0 Å². The van der Waals surface area contributed by atoms with Gasteiger partial charge < -0.3 is 14.4 Å². The molecule has 0 aliphatic rings. The van der Waals surface area contributed by atoms with E-state index in [0.717, 1.165) is 0 Å². The zero-order valence-corrected chi connectivity index (χ0v) is 15.0. The second-order valence-electron chi connectivity index (χ2n) is 6.95.